The van der Waals surface area contributed by atoms with E-state index in [0.29, 0.717) is 31.7 Å². The maximum absolute atomic E-state index is 12.6. The number of thioether (sulfide) groups is 1. The van der Waals surface area contributed by atoms with Gasteiger partial charge in [0.1, 0.15) is 11.9 Å². The standard InChI is InChI=1S/C27H31N3O3S/c1-34-16-6-11-27(32)29-17-23-21-9-5-10-24(31)22(21)12-13-25(23)33-26(18-30-15-14-28-19-30)20-7-3-2-4-8-20/h2-4,7-8,12-15,19,26H,5-6,9-11,16-18H2,1H3,(H,29,32)/t26-/m1/s1. The fourth-order valence-corrected chi connectivity index (χ4v) is 4.79. The highest BCUT2D eigenvalue weighted by atomic mass is 32.2. The highest BCUT2D eigenvalue weighted by Gasteiger charge is 2.24. The van der Waals surface area contributed by atoms with E-state index in [1.807, 2.05) is 47.4 Å². The quantitative estimate of drug-likeness (QED) is 0.394. The van der Waals surface area contributed by atoms with Crippen LogP contribution in [-0.4, -0.2) is 33.3 Å². The third-order valence-electron chi connectivity index (χ3n) is 6.11. The fourth-order valence-electron chi connectivity index (χ4n) is 4.35. The molecule has 0 saturated carbocycles. The van der Waals surface area contributed by atoms with Crippen LogP contribution in [0, 0.1) is 0 Å². The van der Waals surface area contributed by atoms with Gasteiger partial charge < -0.3 is 14.6 Å². The molecule has 0 radical (unpaired) electrons. The minimum atomic E-state index is -0.247. The van der Waals surface area contributed by atoms with E-state index in [1.165, 1.54) is 0 Å². The van der Waals surface area contributed by atoms with Gasteiger partial charge in [-0.3, -0.25) is 9.59 Å². The van der Waals surface area contributed by atoms with E-state index in [1.54, 1.807) is 24.3 Å². The molecule has 1 atom stereocenters. The van der Waals surface area contributed by atoms with Gasteiger partial charge in [-0.2, -0.15) is 11.8 Å². The first-order valence-electron chi connectivity index (χ1n) is 11.8. The molecule has 1 heterocycles. The van der Waals surface area contributed by atoms with Gasteiger partial charge in [0.2, 0.25) is 5.91 Å². The normalized spacial score (nSPS) is 13.9. The number of ether oxygens (including phenoxy) is 1. The summed E-state index contributed by atoms with van der Waals surface area (Å²) in [4.78, 5) is 29.2. The number of hydrogen-bond donors (Lipinski definition) is 1. The molecule has 1 aliphatic rings. The third kappa shape index (κ3) is 6.08. The van der Waals surface area contributed by atoms with Crippen LogP contribution in [0.2, 0.25) is 0 Å². The molecule has 1 aromatic heterocycles. The molecule has 0 aliphatic heterocycles. The van der Waals surface area contributed by atoms with E-state index < -0.39 is 0 Å². The lowest BCUT2D eigenvalue weighted by molar-refractivity contribution is -0.121. The Hall–Kier alpha value is -3.06. The number of aromatic nitrogens is 2. The molecule has 2 aromatic carbocycles. The first-order chi connectivity index (χ1) is 16.7. The van der Waals surface area contributed by atoms with Crippen LogP contribution >= 0.6 is 11.8 Å². The van der Waals surface area contributed by atoms with Gasteiger partial charge in [-0.15, -0.1) is 0 Å². The molecular weight excluding hydrogens is 446 g/mol. The maximum Gasteiger partial charge on any atom is 0.220 e. The molecule has 3 aromatic rings. The molecular formula is C27H31N3O3S. The van der Waals surface area contributed by atoms with Crippen LogP contribution in [0.1, 0.15) is 58.8 Å². The Morgan fingerprint density at radius 2 is 2.06 bits per heavy atom. The van der Waals surface area contributed by atoms with Crippen LogP contribution in [0.4, 0.5) is 0 Å². The second-order valence-corrected chi connectivity index (χ2v) is 9.48. The number of benzene rings is 2. The van der Waals surface area contributed by atoms with Crippen LogP contribution in [0.5, 0.6) is 5.75 Å². The predicted molar refractivity (Wildman–Crippen MR) is 135 cm³/mol. The van der Waals surface area contributed by atoms with E-state index in [4.69, 9.17) is 4.74 Å². The lowest BCUT2D eigenvalue weighted by atomic mass is 9.86. The molecule has 34 heavy (non-hydrogen) atoms. The van der Waals surface area contributed by atoms with E-state index in [9.17, 15) is 9.59 Å². The van der Waals surface area contributed by atoms with Gasteiger partial charge >= 0.3 is 0 Å². The Morgan fingerprint density at radius 3 is 2.82 bits per heavy atom. The molecule has 178 valence electrons. The molecule has 0 spiro atoms. The zero-order valence-electron chi connectivity index (χ0n) is 19.5. The Bertz CT molecular complexity index is 1100. The molecule has 6 nitrogen and oxygen atoms in total. The second-order valence-electron chi connectivity index (χ2n) is 8.49. The number of rotatable bonds is 11. The van der Waals surface area contributed by atoms with Crippen molar-refractivity contribution in [2.24, 2.45) is 0 Å². The second kappa shape index (κ2) is 11.9. The first kappa shape index (κ1) is 24.1. The smallest absolute Gasteiger partial charge is 0.220 e. The fraction of sp³-hybridized carbons (Fsp3) is 0.370. The Morgan fingerprint density at radius 1 is 1.21 bits per heavy atom. The minimum absolute atomic E-state index is 0.0257. The van der Waals surface area contributed by atoms with Crippen LogP contribution in [0.3, 0.4) is 0 Å². The van der Waals surface area contributed by atoms with Gasteiger partial charge in [0, 0.05) is 42.9 Å². The summed E-state index contributed by atoms with van der Waals surface area (Å²) in [6.07, 6.45) is 10.8. The van der Waals surface area contributed by atoms with Crippen molar-refractivity contribution in [1.82, 2.24) is 14.9 Å². The molecule has 0 bridgehead atoms. The number of carbonyl (C=O) groups is 2. The average Bonchev–Trinajstić information content (AvgIpc) is 3.37. The number of Topliss-reactive ketones (excluding diaryl/α,β-unsaturated/α-hetero) is 1. The topological polar surface area (TPSA) is 73.2 Å². The van der Waals surface area contributed by atoms with Gasteiger partial charge in [0.05, 0.1) is 12.9 Å². The Balaban J connectivity index is 1.62. The third-order valence-corrected chi connectivity index (χ3v) is 6.81. The number of carbonyl (C=O) groups excluding carboxylic acids is 2. The van der Waals surface area contributed by atoms with Crippen molar-refractivity contribution in [3.63, 3.8) is 0 Å². The van der Waals surface area contributed by atoms with E-state index in [2.05, 4.69) is 22.4 Å². The molecule has 4 rings (SSSR count). The van der Waals surface area contributed by atoms with Crippen LogP contribution in [-0.2, 0) is 24.3 Å². The summed E-state index contributed by atoms with van der Waals surface area (Å²) in [5.74, 6) is 1.87. The lowest BCUT2D eigenvalue weighted by Crippen LogP contribution is -2.25. The van der Waals surface area contributed by atoms with Gasteiger partial charge in [-0.25, -0.2) is 4.98 Å². The zero-order valence-corrected chi connectivity index (χ0v) is 20.4. The number of nitrogens with zero attached hydrogens (tertiary/aromatic N) is 2. The molecule has 7 heteroatoms. The van der Waals surface area contributed by atoms with Crippen LogP contribution < -0.4 is 10.1 Å². The van der Waals surface area contributed by atoms with E-state index >= 15 is 0 Å². The molecule has 0 fully saturated rings. The molecule has 1 aliphatic carbocycles. The van der Waals surface area contributed by atoms with Crippen molar-refractivity contribution < 1.29 is 14.3 Å². The summed E-state index contributed by atoms with van der Waals surface area (Å²) in [5, 5.41) is 3.07. The summed E-state index contributed by atoms with van der Waals surface area (Å²) in [6.45, 7) is 0.955. The maximum atomic E-state index is 12.6. The predicted octanol–water partition coefficient (Wildman–Crippen LogP) is 4.98. The number of ketones is 1. The van der Waals surface area contributed by atoms with E-state index in [-0.39, 0.29) is 17.8 Å². The molecule has 1 amide bonds. The minimum Gasteiger partial charge on any atom is -0.483 e. The highest BCUT2D eigenvalue weighted by molar-refractivity contribution is 7.98. The van der Waals surface area contributed by atoms with Crippen molar-refractivity contribution in [1.29, 1.82) is 0 Å². The van der Waals surface area contributed by atoms with Gasteiger partial charge in [-0.1, -0.05) is 30.3 Å². The van der Waals surface area contributed by atoms with Gasteiger partial charge in [0.25, 0.3) is 0 Å². The summed E-state index contributed by atoms with van der Waals surface area (Å²) >= 11 is 1.74. The van der Waals surface area contributed by atoms with Gasteiger partial charge in [-0.05, 0) is 54.5 Å². The van der Waals surface area contributed by atoms with Crippen molar-refractivity contribution >= 4 is 23.5 Å². The number of fused-ring (bicyclic) bond motifs is 1. The first-order valence-corrected chi connectivity index (χ1v) is 13.2. The van der Waals surface area contributed by atoms with Crippen LogP contribution in [0.15, 0.2) is 61.2 Å². The van der Waals surface area contributed by atoms with Crippen molar-refractivity contribution in [3.05, 3.63) is 83.4 Å². The van der Waals surface area contributed by atoms with Crippen molar-refractivity contribution in [3.8, 4) is 5.75 Å². The highest BCUT2D eigenvalue weighted by Crippen LogP contribution is 2.34. The SMILES string of the molecule is CSCCCC(=O)NCc1c(O[C@H](Cn2ccnc2)c2ccccc2)ccc2c1CCCC2=O. The molecule has 0 saturated heterocycles. The Kier molecular flexibility index (Phi) is 8.41. The number of hydrogen-bond acceptors (Lipinski definition) is 5. The average molecular weight is 478 g/mol. The molecule has 0 unspecified atom stereocenters. The summed E-state index contributed by atoms with van der Waals surface area (Å²) in [6, 6.07) is 13.9. The largest absolute Gasteiger partial charge is 0.483 e. The summed E-state index contributed by atoms with van der Waals surface area (Å²) in [7, 11) is 0. The summed E-state index contributed by atoms with van der Waals surface area (Å²) in [5.41, 5.74) is 3.73. The summed E-state index contributed by atoms with van der Waals surface area (Å²) < 4.78 is 8.62. The van der Waals surface area contributed by atoms with Gasteiger partial charge in [0.15, 0.2) is 5.78 Å². The number of nitrogens with one attached hydrogen (secondary N) is 1. The van der Waals surface area contributed by atoms with Crippen molar-refractivity contribution in [2.75, 3.05) is 12.0 Å². The van der Waals surface area contributed by atoms with Crippen LogP contribution in [0.25, 0.3) is 0 Å². The van der Waals surface area contributed by atoms with Crippen molar-refractivity contribution in [2.45, 2.75) is 51.3 Å². The monoisotopic (exact) mass is 477 g/mol. The molecule has 1 N–H and O–H groups in total. The number of amides is 1. The van der Waals surface area contributed by atoms with E-state index in [0.717, 1.165) is 47.3 Å². The zero-order chi connectivity index (χ0) is 23.8. The number of imidazole rings is 1. The Labute approximate surface area is 205 Å². The lowest BCUT2D eigenvalue weighted by Gasteiger charge is -2.26.